The zero-order chi connectivity index (χ0) is 27.8. The van der Waals surface area contributed by atoms with Gasteiger partial charge in [0, 0.05) is 38.1 Å². The fraction of sp³-hybridized carbons (Fsp3) is 0.172. The maximum Gasteiger partial charge on any atom is 0.331 e. The average molecular weight is 560 g/mol. The highest BCUT2D eigenvalue weighted by molar-refractivity contribution is 7.22. The van der Waals surface area contributed by atoms with Crippen molar-refractivity contribution in [1.82, 2.24) is 19.4 Å². The summed E-state index contributed by atoms with van der Waals surface area (Å²) in [5.74, 6) is -1.23. The van der Waals surface area contributed by atoms with Crippen molar-refractivity contribution in [3.05, 3.63) is 90.5 Å². The largest absolute Gasteiger partial charge is 0.453 e. The fourth-order valence-electron chi connectivity index (χ4n) is 4.57. The van der Waals surface area contributed by atoms with E-state index in [1.165, 1.54) is 46.6 Å². The smallest absolute Gasteiger partial charge is 0.331 e. The van der Waals surface area contributed by atoms with E-state index in [1.54, 1.807) is 30.7 Å². The van der Waals surface area contributed by atoms with Gasteiger partial charge in [0.1, 0.15) is 11.6 Å². The van der Waals surface area contributed by atoms with Gasteiger partial charge in [0.2, 0.25) is 5.91 Å². The number of hydrogen-bond donors (Lipinski definition) is 0. The van der Waals surface area contributed by atoms with E-state index in [0.29, 0.717) is 16.8 Å². The number of imide groups is 1. The molecule has 11 heteroatoms. The number of anilines is 1. The number of carbonyl (C=O) groups is 2. The first kappa shape index (κ1) is 25.6. The molecule has 3 aromatic heterocycles. The minimum absolute atomic E-state index is 0.00288. The molecule has 0 atom stereocenters. The first-order chi connectivity index (χ1) is 19.4. The van der Waals surface area contributed by atoms with Crippen LogP contribution in [0.15, 0.2) is 73.3 Å². The third-order valence-electron chi connectivity index (χ3n) is 6.65. The molecule has 0 spiro atoms. The molecule has 2 aromatic carbocycles. The van der Waals surface area contributed by atoms with Crippen molar-refractivity contribution < 1.29 is 23.1 Å². The number of imidazole rings is 1. The quantitative estimate of drug-likeness (QED) is 0.235. The van der Waals surface area contributed by atoms with E-state index in [1.807, 2.05) is 23.8 Å². The van der Waals surface area contributed by atoms with Crippen molar-refractivity contribution in [2.45, 2.75) is 19.9 Å². The predicted octanol–water partition coefficient (Wildman–Crippen LogP) is 6.26. The summed E-state index contributed by atoms with van der Waals surface area (Å²) < 4.78 is 37.9. The first-order valence-corrected chi connectivity index (χ1v) is 13.5. The maximum absolute atomic E-state index is 15.1. The third-order valence-corrected chi connectivity index (χ3v) is 7.81. The molecule has 8 nitrogen and oxygen atoms in total. The number of rotatable bonds is 7. The van der Waals surface area contributed by atoms with Gasteiger partial charge in [-0.1, -0.05) is 18.2 Å². The van der Waals surface area contributed by atoms with Crippen LogP contribution in [0.3, 0.4) is 0 Å². The number of carbonyl (C=O) groups excluding carboxylic acids is 2. The Kier molecular flexibility index (Phi) is 6.72. The predicted molar refractivity (Wildman–Crippen MR) is 148 cm³/mol. The molecule has 1 aliphatic heterocycles. The number of amides is 3. The van der Waals surface area contributed by atoms with Gasteiger partial charge >= 0.3 is 6.03 Å². The number of halogens is 2. The molecule has 5 aromatic rings. The molecule has 1 fully saturated rings. The number of hydrogen-bond acceptors (Lipinski definition) is 6. The van der Waals surface area contributed by atoms with Crippen molar-refractivity contribution in [2.75, 3.05) is 18.0 Å². The van der Waals surface area contributed by atoms with Gasteiger partial charge in [-0.2, -0.15) is 0 Å². The summed E-state index contributed by atoms with van der Waals surface area (Å²) in [5.41, 5.74) is 2.04. The second kappa shape index (κ2) is 10.5. The van der Waals surface area contributed by atoms with Crippen molar-refractivity contribution in [1.29, 1.82) is 0 Å². The topological polar surface area (TPSA) is 80.6 Å². The zero-order valence-electron chi connectivity index (χ0n) is 21.4. The van der Waals surface area contributed by atoms with E-state index in [-0.39, 0.29) is 30.9 Å². The Labute approximate surface area is 232 Å². The number of pyridine rings is 1. The molecule has 202 valence electrons. The molecule has 4 heterocycles. The Morgan fingerprint density at radius 3 is 2.65 bits per heavy atom. The molecule has 0 bridgehead atoms. The van der Waals surface area contributed by atoms with Crippen LogP contribution in [-0.2, 0) is 17.8 Å². The molecule has 0 radical (unpaired) electrons. The second-order valence-electron chi connectivity index (χ2n) is 9.20. The van der Waals surface area contributed by atoms with E-state index >= 15 is 4.39 Å². The molecule has 1 saturated heterocycles. The lowest BCUT2D eigenvalue weighted by atomic mass is 10.1. The first-order valence-electron chi connectivity index (χ1n) is 12.6. The normalized spacial score (nSPS) is 13.4. The molecule has 0 unspecified atom stereocenters. The Morgan fingerprint density at radius 2 is 1.88 bits per heavy atom. The van der Waals surface area contributed by atoms with Gasteiger partial charge in [0.15, 0.2) is 11.6 Å². The number of ether oxygens (including phenoxy) is 1. The highest BCUT2D eigenvalue weighted by Gasteiger charge is 2.35. The van der Waals surface area contributed by atoms with Gasteiger partial charge in [0.25, 0.3) is 0 Å². The summed E-state index contributed by atoms with van der Waals surface area (Å²) in [5, 5.41) is 0. The number of para-hydroxylation sites is 1. The molecule has 6 rings (SSSR count). The van der Waals surface area contributed by atoms with Crippen LogP contribution in [0.4, 0.5) is 19.3 Å². The van der Waals surface area contributed by atoms with Crippen LogP contribution in [0.1, 0.15) is 12.5 Å². The van der Waals surface area contributed by atoms with E-state index in [4.69, 9.17) is 4.74 Å². The summed E-state index contributed by atoms with van der Waals surface area (Å²) in [7, 11) is 0. The number of fused-ring (bicyclic) bond motifs is 1. The molecule has 3 amide bonds. The van der Waals surface area contributed by atoms with Crippen LogP contribution in [0.2, 0.25) is 0 Å². The van der Waals surface area contributed by atoms with Gasteiger partial charge in [-0.3, -0.25) is 19.6 Å². The number of benzene rings is 2. The summed E-state index contributed by atoms with van der Waals surface area (Å²) >= 11 is 1.46. The Morgan fingerprint density at radius 1 is 1.02 bits per heavy atom. The Hall–Kier alpha value is -4.64. The minimum Gasteiger partial charge on any atom is -0.453 e. The summed E-state index contributed by atoms with van der Waals surface area (Å²) in [6, 6.07) is 13.2. The lowest BCUT2D eigenvalue weighted by molar-refractivity contribution is -0.126. The SMILES string of the molecule is CCn1cnc(-c2cc3nccc(Oc4ccc(CC(=O)N5CCN(c6ccccc6F)C5=O)cc4F)c3s2)c1. The highest BCUT2D eigenvalue weighted by Crippen LogP contribution is 2.39. The number of urea groups is 1. The van der Waals surface area contributed by atoms with Crippen LogP contribution in [-0.4, -0.2) is 44.5 Å². The maximum atomic E-state index is 15.1. The van der Waals surface area contributed by atoms with E-state index in [0.717, 1.165) is 26.7 Å². The average Bonchev–Trinajstić information content (AvgIpc) is 3.69. The molecule has 0 N–H and O–H groups in total. The number of nitrogens with zero attached hydrogens (tertiary/aromatic N) is 5. The lowest BCUT2D eigenvalue weighted by Crippen LogP contribution is -2.37. The summed E-state index contributed by atoms with van der Waals surface area (Å²) in [6.07, 6.45) is 5.14. The van der Waals surface area contributed by atoms with Gasteiger partial charge in [-0.05, 0) is 42.8 Å². The van der Waals surface area contributed by atoms with Gasteiger partial charge in [-0.25, -0.2) is 18.6 Å². The van der Waals surface area contributed by atoms with Gasteiger partial charge in [0.05, 0.1) is 39.2 Å². The van der Waals surface area contributed by atoms with Crippen molar-refractivity contribution in [2.24, 2.45) is 0 Å². The van der Waals surface area contributed by atoms with E-state index in [9.17, 15) is 14.0 Å². The molecule has 40 heavy (non-hydrogen) atoms. The number of aryl methyl sites for hydroxylation is 1. The van der Waals surface area contributed by atoms with Crippen molar-refractivity contribution in [3.8, 4) is 22.1 Å². The van der Waals surface area contributed by atoms with E-state index in [2.05, 4.69) is 9.97 Å². The van der Waals surface area contributed by atoms with Crippen LogP contribution >= 0.6 is 11.3 Å². The van der Waals surface area contributed by atoms with Crippen LogP contribution in [0.5, 0.6) is 11.5 Å². The molecular formula is C29H23F2N5O3S. The summed E-state index contributed by atoms with van der Waals surface area (Å²) in [6.45, 7) is 3.15. The molecular weight excluding hydrogens is 536 g/mol. The fourth-order valence-corrected chi connectivity index (χ4v) is 5.60. The van der Waals surface area contributed by atoms with Crippen molar-refractivity contribution >= 4 is 39.2 Å². The highest BCUT2D eigenvalue weighted by atomic mass is 32.1. The van der Waals surface area contributed by atoms with E-state index < -0.39 is 23.6 Å². The summed E-state index contributed by atoms with van der Waals surface area (Å²) in [4.78, 5) is 37.7. The van der Waals surface area contributed by atoms with Crippen molar-refractivity contribution in [3.63, 3.8) is 0 Å². The van der Waals surface area contributed by atoms with Crippen LogP contribution in [0, 0.1) is 11.6 Å². The van der Waals surface area contributed by atoms with Crippen LogP contribution < -0.4 is 9.64 Å². The van der Waals surface area contributed by atoms with Gasteiger partial charge < -0.3 is 9.30 Å². The lowest BCUT2D eigenvalue weighted by Gasteiger charge is -2.18. The Bertz CT molecular complexity index is 1750. The van der Waals surface area contributed by atoms with Gasteiger partial charge in [-0.15, -0.1) is 11.3 Å². The minimum atomic E-state index is -0.644. The number of aromatic nitrogens is 3. The molecule has 0 aliphatic carbocycles. The number of thiophene rings is 1. The molecule has 0 saturated carbocycles. The molecule has 1 aliphatic rings. The zero-order valence-corrected chi connectivity index (χ0v) is 22.2. The second-order valence-corrected chi connectivity index (χ2v) is 10.3. The third kappa shape index (κ3) is 4.79. The Balaban J connectivity index is 1.16. The standard InChI is InChI=1S/C29H23F2N5O3S/c1-2-34-16-22(33-17-34)26-15-21-28(40-26)25(9-10-32-21)39-24-8-7-18(13-20(24)31)14-27(37)36-12-11-35(29(36)38)23-6-4-3-5-19(23)30/h3-10,13,15-17H,2,11-12,14H2,1H3. The monoisotopic (exact) mass is 559 g/mol. The van der Waals surface area contributed by atoms with Crippen LogP contribution in [0.25, 0.3) is 20.8 Å².